The SMILES string of the molecule is Cc1nc2c([nH]1)c(=O)[nH]c1ncccc12. The van der Waals surface area contributed by atoms with E-state index in [0.29, 0.717) is 16.7 Å². The molecule has 3 heterocycles. The van der Waals surface area contributed by atoms with Crippen LogP contribution in [0.5, 0.6) is 0 Å². The summed E-state index contributed by atoms with van der Waals surface area (Å²) >= 11 is 0. The monoisotopic (exact) mass is 200 g/mol. The van der Waals surface area contributed by atoms with E-state index in [2.05, 4.69) is 19.9 Å². The maximum Gasteiger partial charge on any atom is 0.275 e. The molecule has 0 bridgehead atoms. The fourth-order valence-electron chi connectivity index (χ4n) is 1.72. The van der Waals surface area contributed by atoms with Gasteiger partial charge in [-0.25, -0.2) is 9.97 Å². The lowest BCUT2D eigenvalue weighted by molar-refractivity contribution is 1.16. The molecule has 0 radical (unpaired) electrons. The summed E-state index contributed by atoms with van der Waals surface area (Å²) in [4.78, 5) is 25.7. The lowest BCUT2D eigenvalue weighted by atomic mass is 10.2. The van der Waals surface area contributed by atoms with Gasteiger partial charge in [0.05, 0.1) is 0 Å². The first-order valence-electron chi connectivity index (χ1n) is 4.59. The molecular weight excluding hydrogens is 192 g/mol. The van der Waals surface area contributed by atoms with Crippen molar-refractivity contribution in [3.8, 4) is 0 Å². The maximum absolute atomic E-state index is 11.6. The Bertz CT molecular complexity index is 710. The predicted octanol–water partition coefficient (Wildman–Crippen LogP) is 1.11. The molecule has 5 heteroatoms. The number of hydrogen-bond donors (Lipinski definition) is 2. The van der Waals surface area contributed by atoms with Crippen LogP contribution in [0.2, 0.25) is 0 Å². The Balaban J connectivity index is 2.69. The highest BCUT2D eigenvalue weighted by Crippen LogP contribution is 2.16. The van der Waals surface area contributed by atoms with Crippen LogP contribution < -0.4 is 5.56 Å². The highest BCUT2D eigenvalue weighted by Gasteiger charge is 2.08. The number of rotatable bonds is 0. The minimum Gasteiger partial charge on any atom is -0.338 e. The molecule has 0 saturated carbocycles. The maximum atomic E-state index is 11.6. The summed E-state index contributed by atoms with van der Waals surface area (Å²) in [7, 11) is 0. The van der Waals surface area contributed by atoms with Crippen LogP contribution in [0, 0.1) is 6.92 Å². The van der Waals surface area contributed by atoms with Gasteiger partial charge in [-0.3, -0.25) is 4.79 Å². The van der Waals surface area contributed by atoms with Crippen LogP contribution in [-0.4, -0.2) is 19.9 Å². The third-order valence-electron chi connectivity index (χ3n) is 2.34. The lowest BCUT2D eigenvalue weighted by Crippen LogP contribution is -2.06. The second-order valence-electron chi connectivity index (χ2n) is 3.40. The average Bonchev–Trinajstić information content (AvgIpc) is 2.61. The van der Waals surface area contributed by atoms with Crippen molar-refractivity contribution in [1.29, 1.82) is 0 Å². The van der Waals surface area contributed by atoms with Crippen molar-refractivity contribution in [1.82, 2.24) is 19.9 Å². The zero-order valence-corrected chi connectivity index (χ0v) is 8.03. The van der Waals surface area contributed by atoms with E-state index in [1.807, 2.05) is 19.1 Å². The quantitative estimate of drug-likeness (QED) is 0.570. The Morgan fingerprint density at radius 2 is 2.20 bits per heavy atom. The minimum atomic E-state index is -0.184. The number of hydrogen-bond acceptors (Lipinski definition) is 3. The summed E-state index contributed by atoms with van der Waals surface area (Å²) in [5.41, 5.74) is 1.57. The summed E-state index contributed by atoms with van der Waals surface area (Å²) < 4.78 is 0. The number of imidazole rings is 1. The summed E-state index contributed by atoms with van der Waals surface area (Å²) in [6.45, 7) is 1.82. The van der Waals surface area contributed by atoms with E-state index in [1.165, 1.54) is 0 Å². The van der Waals surface area contributed by atoms with Crippen molar-refractivity contribution in [2.24, 2.45) is 0 Å². The van der Waals surface area contributed by atoms with Crippen molar-refractivity contribution in [3.05, 3.63) is 34.5 Å². The smallest absolute Gasteiger partial charge is 0.275 e. The molecule has 0 saturated heterocycles. The summed E-state index contributed by atoms with van der Waals surface area (Å²) in [6.07, 6.45) is 1.64. The second-order valence-corrected chi connectivity index (χ2v) is 3.40. The van der Waals surface area contributed by atoms with Gasteiger partial charge in [0.2, 0.25) is 0 Å². The molecule has 0 aliphatic heterocycles. The molecule has 0 unspecified atom stereocenters. The van der Waals surface area contributed by atoms with Crippen LogP contribution in [0.4, 0.5) is 0 Å². The van der Waals surface area contributed by atoms with Gasteiger partial charge >= 0.3 is 0 Å². The third kappa shape index (κ3) is 1.06. The summed E-state index contributed by atoms with van der Waals surface area (Å²) in [6, 6.07) is 3.71. The first-order chi connectivity index (χ1) is 7.25. The Hall–Kier alpha value is -2.17. The molecule has 15 heavy (non-hydrogen) atoms. The molecule has 0 spiro atoms. The average molecular weight is 200 g/mol. The Morgan fingerprint density at radius 1 is 1.33 bits per heavy atom. The fraction of sp³-hybridized carbons (Fsp3) is 0.100. The standard InChI is InChI=1S/C10H8N4O/c1-5-12-7-6-3-2-4-11-9(6)14-10(15)8(7)13-5/h2-4H,1H3,(H,12,13)(H,11,14,15). The molecule has 3 aromatic rings. The van der Waals surface area contributed by atoms with Crippen molar-refractivity contribution in [3.63, 3.8) is 0 Å². The highest BCUT2D eigenvalue weighted by molar-refractivity contribution is 5.99. The van der Waals surface area contributed by atoms with Gasteiger partial charge in [0.1, 0.15) is 22.5 Å². The fourth-order valence-corrected chi connectivity index (χ4v) is 1.72. The van der Waals surface area contributed by atoms with Gasteiger partial charge in [-0.1, -0.05) is 0 Å². The molecule has 0 aliphatic rings. The highest BCUT2D eigenvalue weighted by atomic mass is 16.1. The van der Waals surface area contributed by atoms with E-state index in [4.69, 9.17) is 0 Å². The van der Waals surface area contributed by atoms with Gasteiger partial charge in [-0.05, 0) is 19.1 Å². The number of pyridine rings is 2. The van der Waals surface area contributed by atoms with E-state index < -0.39 is 0 Å². The molecule has 0 aliphatic carbocycles. The summed E-state index contributed by atoms with van der Waals surface area (Å²) in [5.74, 6) is 0.729. The summed E-state index contributed by atoms with van der Waals surface area (Å²) in [5, 5.41) is 0.858. The van der Waals surface area contributed by atoms with Crippen molar-refractivity contribution < 1.29 is 0 Å². The third-order valence-corrected chi connectivity index (χ3v) is 2.34. The first kappa shape index (κ1) is 8.16. The van der Waals surface area contributed by atoms with E-state index in [9.17, 15) is 4.79 Å². The lowest BCUT2D eigenvalue weighted by Gasteiger charge is -1.95. The largest absolute Gasteiger partial charge is 0.338 e. The number of H-pyrrole nitrogens is 2. The van der Waals surface area contributed by atoms with Crippen molar-refractivity contribution in [2.75, 3.05) is 0 Å². The molecule has 2 N–H and O–H groups in total. The topological polar surface area (TPSA) is 74.4 Å². The molecule has 74 valence electrons. The van der Waals surface area contributed by atoms with Crippen LogP contribution in [-0.2, 0) is 0 Å². The molecule has 0 amide bonds. The van der Waals surface area contributed by atoms with Crippen LogP contribution in [0.3, 0.4) is 0 Å². The number of aromatic amines is 2. The van der Waals surface area contributed by atoms with Gasteiger partial charge in [-0.15, -0.1) is 0 Å². The number of nitrogens with one attached hydrogen (secondary N) is 2. The minimum absolute atomic E-state index is 0.184. The Kier molecular flexibility index (Phi) is 1.45. The Morgan fingerprint density at radius 3 is 3.07 bits per heavy atom. The first-order valence-corrected chi connectivity index (χ1v) is 4.59. The predicted molar refractivity (Wildman–Crippen MR) is 56.8 cm³/mol. The molecule has 0 fully saturated rings. The van der Waals surface area contributed by atoms with Gasteiger partial charge < -0.3 is 9.97 Å². The molecular formula is C10H8N4O. The van der Waals surface area contributed by atoms with E-state index in [0.717, 1.165) is 11.2 Å². The molecule has 5 nitrogen and oxygen atoms in total. The normalized spacial score (nSPS) is 11.3. The van der Waals surface area contributed by atoms with Crippen LogP contribution in [0.15, 0.2) is 23.1 Å². The molecule has 0 aromatic carbocycles. The number of aryl methyl sites for hydroxylation is 1. The molecule has 3 aromatic heterocycles. The van der Waals surface area contributed by atoms with Gasteiger partial charge in [0.25, 0.3) is 5.56 Å². The Labute approximate surface area is 84.2 Å². The van der Waals surface area contributed by atoms with Gasteiger partial charge in [0.15, 0.2) is 0 Å². The van der Waals surface area contributed by atoms with Crippen LogP contribution >= 0.6 is 0 Å². The molecule has 0 atom stereocenters. The van der Waals surface area contributed by atoms with Crippen molar-refractivity contribution >= 4 is 22.1 Å². The molecule has 3 rings (SSSR count). The van der Waals surface area contributed by atoms with E-state index in [1.54, 1.807) is 6.20 Å². The van der Waals surface area contributed by atoms with Gasteiger partial charge in [0, 0.05) is 11.6 Å². The van der Waals surface area contributed by atoms with E-state index in [-0.39, 0.29) is 5.56 Å². The van der Waals surface area contributed by atoms with E-state index >= 15 is 0 Å². The van der Waals surface area contributed by atoms with Crippen LogP contribution in [0.1, 0.15) is 5.82 Å². The zero-order valence-electron chi connectivity index (χ0n) is 8.03. The number of aromatic nitrogens is 4. The van der Waals surface area contributed by atoms with Crippen molar-refractivity contribution in [2.45, 2.75) is 6.92 Å². The van der Waals surface area contributed by atoms with Crippen LogP contribution in [0.25, 0.3) is 22.1 Å². The number of fused-ring (bicyclic) bond motifs is 3. The zero-order chi connectivity index (χ0) is 10.4. The second kappa shape index (κ2) is 2.66. The number of nitrogens with zero attached hydrogens (tertiary/aromatic N) is 2. The van der Waals surface area contributed by atoms with Gasteiger partial charge in [-0.2, -0.15) is 0 Å².